The topological polar surface area (TPSA) is 29.9 Å². The second-order valence-corrected chi connectivity index (χ2v) is 5.48. The minimum Gasteiger partial charge on any atom is -0.312 e. The first-order chi connectivity index (χ1) is 8.20. The molecule has 1 saturated carbocycles. The molecular formula is C14H25N3. The van der Waals surface area contributed by atoms with Crippen molar-refractivity contribution in [2.75, 3.05) is 6.54 Å². The molecule has 0 bridgehead atoms. The lowest BCUT2D eigenvalue weighted by atomic mass is 9.83. The number of hydrogen-bond acceptors (Lipinski definition) is 2. The lowest BCUT2D eigenvalue weighted by molar-refractivity contribution is 0.203. The van der Waals surface area contributed by atoms with E-state index < -0.39 is 0 Å². The summed E-state index contributed by atoms with van der Waals surface area (Å²) < 4.78 is 2.18. The van der Waals surface area contributed by atoms with Crippen LogP contribution in [-0.4, -0.2) is 22.4 Å². The van der Waals surface area contributed by atoms with Crippen LogP contribution in [0.1, 0.15) is 51.3 Å². The van der Waals surface area contributed by atoms with Gasteiger partial charge in [0.1, 0.15) is 0 Å². The van der Waals surface area contributed by atoms with E-state index in [9.17, 15) is 0 Å². The van der Waals surface area contributed by atoms with Crippen molar-refractivity contribution in [3.63, 3.8) is 0 Å². The van der Waals surface area contributed by atoms with Crippen LogP contribution in [0.2, 0.25) is 0 Å². The van der Waals surface area contributed by atoms with Gasteiger partial charge in [-0.05, 0) is 51.1 Å². The first-order valence-electron chi connectivity index (χ1n) is 6.96. The van der Waals surface area contributed by atoms with Crippen molar-refractivity contribution in [3.05, 3.63) is 18.0 Å². The van der Waals surface area contributed by atoms with Crippen LogP contribution in [0, 0.1) is 12.8 Å². The third-order valence-corrected chi connectivity index (χ3v) is 3.82. The summed E-state index contributed by atoms with van der Waals surface area (Å²) in [7, 11) is 0. The molecule has 0 aliphatic heterocycles. The largest absolute Gasteiger partial charge is 0.312 e. The third kappa shape index (κ3) is 3.09. The zero-order chi connectivity index (χ0) is 12.3. The summed E-state index contributed by atoms with van der Waals surface area (Å²) in [6.45, 7) is 7.78. The maximum Gasteiger partial charge on any atom is 0.0674 e. The average Bonchev–Trinajstić information content (AvgIpc) is 2.74. The monoisotopic (exact) mass is 235 g/mol. The second kappa shape index (κ2) is 5.67. The van der Waals surface area contributed by atoms with Crippen molar-refractivity contribution in [1.29, 1.82) is 0 Å². The summed E-state index contributed by atoms with van der Waals surface area (Å²) in [5, 5.41) is 8.29. The Hall–Kier alpha value is -0.830. The fraction of sp³-hybridized carbons (Fsp3) is 0.786. The van der Waals surface area contributed by atoms with E-state index in [1.807, 2.05) is 0 Å². The summed E-state index contributed by atoms with van der Waals surface area (Å²) in [6, 6.07) is 3.25. The average molecular weight is 235 g/mol. The highest BCUT2D eigenvalue weighted by Gasteiger charge is 2.29. The fourth-order valence-corrected chi connectivity index (χ4v) is 2.83. The molecule has 3 atom stereocenters. The molecule has 1 fully saturated rings. The van der Waals surface area contributed by atoms with Gasteiger partial charge < -0.3 is 5.32 Å². The van der Waals surface area contributed by atoms with Gasteiger partial charge in [0.2, 0.25) is 0 Å². The molecule has 1 heterocycles. The van der Waals surface area contributed by atoms with Gasteiger partial charge in [0.25, 0.3) is 0 Å². The lowest BCUT2D eigenvalue weighted by Crippen LogP contribution is -2.42. The Bertz CT molecular complexity index is 343. The number of aryl methyl sites for hydroxylation is 1. The molecule has 1 aliphatic carbocycles. The zero-order valence-corrected chi connectivity index (χ0v) is 11.3. The molecule has 1 aliphatic rings. The Morgan fingerprint density at radius 3 is 2.94 bits per heavy atom. The first kappa shape index (κ1) is 12.6. The molecular weight excluding hydrogens is 210 g/mol. The van der Waals surface area contributed by atoms with Crippen LogP contribution in [-0.2, 0) is 0 Å². The zero-order valence-electron chi connectivity index (χ0n) is 11.3. The third-order valence-electron chi connectivity index (χ3n) is 3.82. The summed E-state index contributed by atoms with van der Waals surface area (Å²) in [5.74, 6) is 0.823. The molecule has 2 rings (SSSR count). The quantitative estimate of drug-likeness (QED) is 0.869. The highest BCUT2D eigenvalue weighted by atomic mass is 15.3. The van der Waals surface area contributed by atoms with E-state index in [1.165, 1.54) is 25.7 Å². The Balaban J connectivity index is 2.08. The first-order valence-corrected chi connectivity index (χ1v) is 6.96. The highest BCUT2D eigenvalue weighted by Crippen LogP contribution is 2.32. The maximum atomic E-state index is 4.60. The molecule has 1 N–H and O–H groups in total. The SMILES string of the molecule is CCCNC1CCC(C)CC1n1ccc(C)n1. The van der Waals surface area contributed by atoms with E-state index in [4.69, 9.17) is 0 Å². The summed E-state index contributed by atoms with van der Waals surface area (Å²) >= 11 is 0. The molecule has 3 unspecified atom stereocenters. The van der Waals surface area contributed by atoms with E-state index in [0.29, 0.717) is 12.1 Å². The van der Waals surface area contributed by atoms with Crippen LogP contribution in [0.25, 0.3) is 0 Å². The van der Waals surface area contributed by atoms with Crippen molar-refractivity contribution < 1.29 is 0 Å². The normalized spacial score (nSPS) is 29.5. The molecule has 3 nitrogen and oxygen atoms in total. The van der Waals surface area contributed by atoms with E-state index in [1.54, 1.807) is 0 Å². The molecule has 0 spiro atoms. The Morgan fingerprint density at radius 1 is 1.47 bits per heavy atom. The molecule has 0 aromatic carbocycles. The van der Waals surface area contributed by atoms with Gasteiger partial charge in [-0.1, -0.05) is 13.8 Å². The van der Waals surface area contributed by atoms with Gasteiger partial charge in [0, 0.05) is 12.2 Å². The van der Waals surface area contributed by atoms with Crippen molar-refractivity contribution in [3.8, 4) is 0 Å². The van der Waals surface area contributed by atoms with Gasteiger partial charge in [0.15, 0.2) is 0 Å². The minimum absolute atomic E-state index is 0.541. The smallest absolute Gasteiger partial charge is 0.0674 e. The predicted molar refractivity (Wildman–Crippen MR) is 71.1 cm³/mol. The highest BCUT2D eigenvalue weighted by molar-refractivity contribution is 4.98. The van der Waals surface area contributed by atoms with Crippen molar-refractivity contribution in [1.82, 2.24) is 15.1 Å². The van der Waals surface area contributed by atoms with Crippen LogP contribution in [0.15, 0.2) is 12.3 Å². The second-order valence-electron chi connectivity index (χ2n) is 5.48. The number of rotatable bonds is 4. The van der Waals surface area contributed by atoms with Crippen LogP contribution in [0.4, 0.5) is 0 Å². The van der Waals surface area contributed by atoms with E-state index in [0.717, 1.165) is 18.2 Å². The molecule has 1 aromatic rings. The molecule has 96 valence electrons. The number of nitrogens with one attached hydrogen (secondary N) is 1. The predicted octanol–water partition coefficient (Wildman–Crippen LogP) is 2.92. The van der Waals surface area contributed by atoms with E-state index >= 15 is 0 Å². The standard InChI is InChI=1S/C14H25N3/c1-4-8-15-13-6-5-11(2)10-14(13)17-9-7-12(3)16-17/h7,9,11,13-15H,4-6,8,10H2,1-3H3. The molecule has 0 radical (unpaired) electrons. The number of aromatic nitrogens is 2. The van der Waals surface area contributed by atoms with Crippen molar-refractivity contribution >= 4 is 0 Å². The van der Waals surface area contributed by atoms with Gasteiger partial charge in [-0.25, -0.2) is 0 Å². The number of hydrogen-bond donors (Lipinski definition) is 1. The van der Waals surface area contributed by atoms with Crippen molar-refractivity contribution in [2.24, 2.45) is 5.92 Å². The van der Waals surface area contributed by atoms with E-state index in [-0.39, 0.29) is 0 Å². The maximum absolute atomic E-state index is 4.60. The van der Waals surface area contributed by atoms with Gasteiger partial charge in [-0.3, -0.25) is 4.68 Å². The van der Waals surface area contributed by atoms with Gasteiger partial charge in [0.05, 0.1) is 11.7 Å². The Kier molecular flexibility index (Phi) is 4.21. The summed E-state index contributed by atoms with van der Waals surface area (Å²) in [6.07, 6.45) is 7.22. The minimum atomic E-state index is 0.541. The van der Waals surface area contributed by atoms with Gasteiger partial charge in [-0.2, -0.15) is 5.10 Å². The van der Waals surface area contributed by atoms with E-state index in [2.05, 4.69) is 48.1 Å². The van der Waals surface area contributed by atoms with Crippen LogP contribution < -0.4 is 5.32 Å². The van der Waals surface area contributed by atoms with Crippen LogP contribution in [0.5, 0.6) is 0 Å². The van der Waals surface area contributed by atoms with Gasteiger partial charge >= 0.3 is 0 Å². The van der Waals surface area contributed by atoms with Gasteiger partial charge in [-0.15, -0.1) is 0 Å². The molecule has 3 heteroatoms. The van der Waals surface area contributed by atoms with Crippen molar-refractivity contribution in [2.45, 2.75) is 58.5 Å². The molecule has 0 amide bonds. The van der Waals surface area contributed by atoms with Crippen LogP contribution >= 0.6 is 0 Å². The fourth-order valence-electron chi connectivity index (χ4n) is 2.83. The lowest BCUT2D eigenvalue weighted by Gasteiger charge is -2.35. The molecule has 0 saturated heterocycles. The number of nitrogens with zero attached hydrogens (tertiary/aromatic N) is 2. The Labute approximate surface area is 105 Å². The molecule has 17 heavy (non-hydrogen) atoms. The molecule has 1 aromatic heterocycles. The van der Waals surface area contributed by atoms with Crippen LogP contribution in [0.3, 0.4) is 0 Å². The summed E-state index contributed by atoms with van der Waals surface area (Å²) in [4.78, 5) is 0. The Morgan fingerprint density at radius 2 is 2.29 bits per heavy atom. The summed E-state index contributed by atoms with van der Waals surface area (Å²) in [5.41, 5.74) is 1.12.